The van der Waals surface area contributed by atoms with E-state index in [0.29, 0.717) is 11.3 Å². The monoisotopic (exact) mass is 166 g/mol. The van der Waals surface area contributed by atoms with Crippen molar-refractivity contribution >= 4 is 5.78 Å². The number of hydrogen-bond acceptors (Lipinski definition) is 3. The molecule has 64 valence electrons. The number of Topliss-reactive ketones (excluding diaryl/α,β-unsaturated/α-hetero) is 1. The zero-order chi connectivity index (χ0) is 9.14. The Labute approximate surface area is 70.6 Å². The van der Waals surface area contributed by atoms with Gasteiger partial charge >= 0.3 is 0 Å². The van der Waals surface area contributed by atoms with E-state index in [1.54, 1.807) is 6.07 Å². The second-order valence-corrected chi connectivity index (χ2v) is 2.44. The minimum Gasteiger partial charge on any atom is -0.508 e. The Bertz CT molecular complexity index is 305. The highest BCUT2D eigenvalue weighted by Gasteiger charge is 2.07. The third kappa shape index (κ3) is 1.56. The zero-order valence-electron chi connectivity index (χ0n) is 7.00. The maximum atomic E-state index is 11.0. The molecule has 3 nitrogen and oxygen atoms in total. The topological polar surface area (TPSA) is 46.5 Å². The molecule has 0 atom stereocenters. The summed E-state index contributed by atoms with van der Waals surface area (Å²) in [4.78, 5) is 11.0. The van der Waals surface area contributed by atoms with Crippen LogP contribution in [0.15, 0.2) is 18.2 Å². The summed E-state index contributed by atoms with van der Waals surface area (Å²) in [7, 11) is 1.48. The van der Waals surface area contributed by atoms with Crippen molar-refractivity contribution in [1.82, 2.24) is 0 Å². The van der Waals surface area contributed by atoms with Crippen LogP contribution in [0.2, 0.25) is 0 Å². The second-order valence-electron chi connectivity index (χ2n) is 2.44. The van der Waals surface area contributed by atoms with Crippen LogP contribution in [0.4, 0.5) is 0 Å². The molecular formula is C9H10O3. The number of methoxy groups -OCH3 is 1. The molecule has 1 rings (SSSR count). The molecule has 0 amide bonds. The molecule has 1 aromatic carbocycles. The van der Waals surface area contributed by atoms with E-state index in [1.807, 2.05) is 0 Å². The molecule has 0 aromatic heterocycles. The first-order valence-corrected chi connectivity index (χ1v) is 3.53. The van der Waals surface area contributed by atoms with E-state index in [1.165, 1.54) is 26.2 Å². The molecule has 0 aliphatic carbocycles. The van der Waals surface area contributed by atoms with Crippen LogP contribution in [-0.2, 0) is 0 Å². The minimum absolute atomic E-state index is 0.0704. The summed E-state index contributed by atoms with van der Waals surface area (Å²) in [5.41, 5.74) is 0.400. The number of ether oxygens (including phenoxy) is 1. The highest BCUT2D eigenvalue weighted by Crippen LogP contribution is 2.23. The van der Waals surface area contributed by atoms with E-state index in [9.17, 15) is 4.79 Å². The van der Waals surface area contributed by atoms with Crippen LogP contribution < -0.4 is 4.74 Å². The van der Waals surface area contributed by atoms with Crippen LogP contribution in [0, 0.1) is 0 Å². The van der Waals surface area contributed by atoms with Crippen LogP contribution in [0.5, 0.6) is 11.5 Å². The van der Waals surface area contributed by atoms with Gasteiger partial charge in [-0.1, -0.05) is 0 Å². The highest BCUT2D eigenvalue weighted by atomic mass is 16.5. The van der Waals surface area contributed by atoms with Gasteiger partial charge in [0.05, 0.1) is 12.7 Å². The Morgan fingerprint density at radius 3 is 2.67 bits per heavy atom. The van der Waals surface area contributed by atoms with E-state index in [2.05, 4.69) is 0 Å². The van der Waals surface area contributed by atoms with Crippen LogP contribution >= 0.6 is 0 Å². The summed E-state index contributed by atoms with van der Waals surface area (Å²) in [6.07, 6.45) is 0. The Morgan fingerprint density at radius 2 is 2.17 bits per heavy atom. The van der Waals surface area contributed by atoms with Crippen LogP contribution in [0.25, 0.3) is 0 Å². The van der Waals surface area contributed by atoms with Crippen LogP contribution in [0.1, 0.15) is 17.3 Å². The number of hydrogen-bond donors (Lipinski definition) is 1. The molecule has 0 unspecified atom stereocenters. The molecule has 0 saturated carbocycles. The highest BCUT2D eigenvalue weighted by molar-refractivity contribution is 5.97. The Kier molecular flexibility index (Phi) is 2.33. The SMILES string of the molecule is COc1ccc(O)cc1C(C)=O. The number of carbonyl (C=O) groups excluding carboxylic acids is 1. The Balaban J connectivity index is 3.21. The van der Waals surface area contributed by atoms with Gasteiger partial charge in [0.15, 0.2) is 5.78 Å². The first-order valence-electron chi connectivity index (χ1n) is 3.53. The first kappa shape index (κ1) is 8.59. The lowest BCUT2D eigenvalue weighted by molar-refractivity contribution is 0.101. The zero-order valence-corrected chi connectivity index (χ0v) is 7.00. The van der Waals surface area contributed by atoms with Crippen molar-refractivity contribution < 1.29 is 14.6 Å². The van der Waals surface area contributed by atoms with Gasteiger partial charge in [0.2, 0.25) is 0 Å². The largest absolute Gasteiger partial charge is 0.508 e. The number of phenolic OH excluding ortho intramolecular Hbond substituents is 1. The van der Waals surface area contributed by atoms with Gasteiger partial charge in [0, 0.05) is 0 Å². The molecule has 1 aromatic rings. The van der Waals surface area contributed by atoms with Crippen LogP contribution in [-0.4, -0.2) is 18.0 Å². The molecule has 0 spiro atoms. The van der Waals surface area contributed by atoms with E-state index in [0.717, 1.165) is 0 Å². The molecule has 1 N–H and O–H groups in total. The first-order chi connectivity index (χ1) is 5.65. The lowest BCUT2D eigenvalue weighted by atomic mass is 10.1. The summed E-state index contributed by atoms with van der Waals surface area (Å²) in [6.45, 7) is 1.43. The molecule has 0 radical (unpaired) electrons. The molecule has 0 aliphatic heterocycles. The molecule has 3 heteroatoms. The smallest absolute Gasteiger partial charge is 0.163 e. The molecule has 0 saturated heterocycles. The third-order valence-electron chi connectivity index (χ3n) is 1.56. The number of carbonyl (C=O) groups is 1. The van der Waals surface area contributed by atoms with Crippen molar-refractivity contribution in [3.63, 3.8) is 0 Å². The number of ketones is 1. The lowest BCUT2D eigenvalue weighted by Crippen LogP contribution is -1.96. The third-order valence-corrected chi connectivity index (χ3v) is 1.56. The van der Waals surface area contributed by atoms with Gasteiger partial charge < -0.3 is 9.84 Å². The standard InChI is InChI=1S/C9H10O3/c1-6(10)8-5-7(11)3-4-9(8)12-2/h3-5,11H,1-2H3. The van der Waals surface area contributed by atoms with Crippen molar-refractivity contribution in [1.29, 1.82) is 0 Å². The number of benzene rings is 1. The molecule has 12 heavy (non-hydrogen) atoms. The fraction of sp³-hybridized carbons (Fsp3) is 0.222. The molecular weight excluding hydrogens is 156 g/mol. The summed E-state index contributed by atoms with van der Waals surface area (Å²) in [5.74, 6) is 0.434. The fourth-order valence-electron chi connectivity index (χ4n) is 0.971. The van der Waals surface area contributed by atoms with Gasteiger partial charge in [0.1, 0.15) is 11.5 Å². The normalized spacial score (nSPS) is 9.50. The Hall–Kier alpha value is -1.51. The van der Waals surface area contributed by atoms with E-state index in [4.69, 9.17) is 9.84 Å². The number of rotatable bonds is 2. The van der Waals surface area contributed by atoms with Gasteiger partial charge in [-0.3, -0.25) is 4.79 Å². The van der Waals surface area contributed by atoms with Crippen LogP contribution in [0.3, 0.4) is 0 Å². The Morgan fingerprint density at radius 1 is 1.50 bits per heavy atom. The maximum Gasteiger partial charge on any atom is 0.163 e. The van der Waals surface area contributed by atoms with Crippen molar-refractivity contribution in [3.05, 3.63) is 23.8 Å². The number of aromatic hydroxyl groups is 1. The fourth-order valence-corrected chi connectivity index (χ4v) is 0.971. The molecule has 0 aliphatic rings. The van der Waals surface area contributed by atoms with E-state index < -0.39 is 0 Å². The van der Waals surface area contributed by atoms with Crippen molar-refractivity contribution in [2.45, 2.75) is 6.92 Å². The van der Waals surface area contributed by atoms with E-state index >= 15 is 0 Å². The molecule has 0 heterocycles. The van der Waals surface area contributed by atoms with Crippen molar-refractivity contribution in [2.24, 2.45) is 0 Å². The van der Waals surface area contributed by atoms with Gasteiger partial charge in [0.25, 0.3) is 0 Å². The second kappa shape index (κ2) is 3.26. The average Bonchev–Trinajstić information content (AvgIpc) is 2.04. The van der Waals surface area contributed by atoms with Crippen molar-refractivity contribution in [3.8, 4) is 11.5 Å². The number of phenols is 1. The summed E-state index contributed by atoms with van der Waals surface area (Å²) in [6, 6.07) is 4.43. The predicted octanol–water partition coefficient (Wildman–Crippen LogP) is 1.60. The molecule has 0 bridgehead atoms. The molecule has 0 fully saturated rings. The summed E-state index contributed by atoms with van der Waals surface area (Å²) in [5, 5.41) is 9.07. The quantitative estimate of drug-likeness (QED) is 0.679. The lowest BCUT2D eigenvalue weighted by Gasteiger charge is -2.04. The van der Waals surface area contributed by atoms with Gasteiger partial charge in [-0.15, -0.1) is 0 Å². The summed E-state index contributed by atoms with van der Waals surface area (Å²) < 4.78 is 4.93. The van der Waals surface area contributed by atoms with E-state index in [-0.39, 0.29) is 11.5 Å². The maximum absolute atomic E-state index is 11.0. The average molecular weight is 166 g/mol. The van der Waals surface area contributed by atoms with Crippen molar-refractivity contribution in [2.75, 3.05) is 7.11 Å². The van der Waals surface area contributed by atoms with Gasteiger partial charge in [-0.25, -0.2) is 0 Å². The predicted molar refractivity (Wildman–Crippen MR) is 44.7 cm³/mol. The summed E-state index contributed by atoms with van der Waals surface area (Å²) >= 11 is 0. The van der Waals surface area contributed by atoms with Gasteiger partial charge in [-0.2, -0.15) is 0 Å². The minimum atomic E-state index is -0.122. The van der Waals surface area contributed by atoms with Gasteiger partial charge in [-0.05, 0) is 25.1 Å².